The van der Waals surface area contributed by atoms with Crippen molar-refractivity contribution >= 4 is 35.3 Å². The maximum atomic E-state index is 12.0. The van der Waals surface area contributed by atoms with Crippen LogP contribution >= 0.6 is 23.2 Å². The number of carbonyl (C=O) groups excluding carboxylic acids is 1. The van der Waals surface area contributed by atoms with Gasteiger partial charge in [0.15, 0.2) is 0 Å². The largest absolute Gasteiger partial charge is 0.273 e. The van der Waals surface area contributed by atoms with E-state index >= 15 is 0 Å². The molecule has 3 rings (SSSR count). The second-order valence-electron chi connectivity index (χ2n) is 5.26. The third-order valence-electron chi connectivity index (χ3n) is 3.70. The van der Waals surface area contributed by atoms with Gasteiger partial charge in [0.05, 0.1) is 11.2 Å². The molecule has 22 heavy (non-hydrogen) atoms. The molecule has 2 unspecified atom stereocenters. The van der Waals surface area contributed by atoms with Crippen molar-refractivity contribution < 1.29 is 4.79 Å². The molecule has 0 aliphatic heterocycles. The van der Waals surface area contributed by atoms with Gasteiger partial charge in [0.2, 0.25) is 5.91 Å². The van der Waals surface area contributed by atoms with Crippen molar-refractivity contribution in [2.24, 2.45) is 11.0 Å². The minimum Gasteiger partial charge on any atom is -0.273 e. The lowest BCUT2D eigenvalue weighted by molar-refractivity contribution is -0.122. The van der Waals surface area contributed by atoms with Crippen LogP contribution in [-0.2, 0) is 4.79 Å². The Bertz CT molecular complexity index is 716. The van der Waals surface area contributed by atoms with Gasteiger partial charge in [0.1, 0.15) is 0 Å². The highest BCUT2D eigenvalue weighted by Crippen LogP contribution is 2.47. The van der Waals surface area contributed by atoms with Crippen LogP contribution in [0.3, 0.4) is 0 Å². The molecule has 0 spiro atoms. The van der Waals surface area contributed by atoms with Crippen LogP contribution in [0.5, 0.6) is 0 Å². The smallest absolute Gasteiger partial charge is 0.243 e. The Morgan fingerprint density at radius 3 is 2.68 bits per heavy atom. The Morgan fingerprint density at radius 2 is 1.95 bits per heavy atom. The van der Waals surface area contributed by atoms with Crippen molar-refractivity contribution in [3.8, 4) is 0 Å². The van der Waals surface area contributed by atoms with Gasteiger partial charge < -0.3 is 0 Å². The van der Waals surface area contributed by atoms with Crippen LogP contribution in [-0.4, -0.2) is 12.1 Å². The molecule has 1 aliphatic rings. The fraction of sp³-hybridized carbons (Fsp3) is 0.176. The van der Waals surface area contributed by atoms with Crippen LogP contribution in [0.2, 0.25) is 10.0 Å². The molecule has 0 saturated heterocycles. The number of carbonyl (C=O) groups is 1. The number of nitrogens with one attached hydrogen (secondary N) is 1. The standard InChI is InChI=1S/C17H14Cl2N2O/c18-13-7-6-12(16(19)8-13)10-20-21-17(22)15-9-14(15)11-4-2-1-3-5-11/h1-8,10,14-15H,9H2,(H,21,22). The molecule has 112 valence electrons. The molecule has 2 aromatic rings. The molecule has 5 heteroatoms. The summed E-state index contributed by atoms with van der Waals surface area (Å²) in [6.45, 7) is 0. The van der Waals surface area contributed by atoms with E-state index < -0.39 is 0 Å². The fourth-order valence-electron chi connectivity index (χ4n) is 2.41. The van der Waals surface area contributed by atoms with E-state index in [4.69, 9.17) is 23.2 Å². The molecule has 0 bridgehead atoms. The van der Waals surface area contributed by atoms with Crippen molar-refractivity contribution in [2.75, 3.05) is 0 Å². The van der Waals surface area contributed by atoms with Crippen LogP contribution in [0, 0.1) is 5.92 Å². The minimum absolute atomic E-state index is 0.000222. The van der Waals surface area contributed by atoms with Gasteiger partial charge in [-0.25, -0.2) is 5.43 Å². The summed E-state index contributed by atoms with van der Waals surface area (Å²) >= 11 is 11.9. The Labute approximate surface area is 138 Å². The second kappa shape index (κ2) is 6.51. The van der Waals surface area contributed by atoms with Crippen LogP contribution in [0.4, 0.5) is 0 Å². The van der Waals surface area contributed by atoms with Crippen molar-refractivity contribution in [3.05, 3.63) is 69.7 Å². The summed E-state index contributed by atoms with van der Waals surface area (Å²) in [6.07, 6.45) is 2.39. The van der Waals surface area contributed by atoms with Gasteiger partial charge in [-0.05, 0) is 30.0 Å². The number of amides is 1. The SMILES string of the molecule is O=C(NN=Cc1ccc(Cl)cc1Cl)C1CC1c1ccccc1. The molecule has 1 aliphatic carbocycles. The third kappa shape index (κ3) is 3.49. The molecular formula is C17H14Cl2N2O. The van der Waals surface area contributed by atoms with Gasteiger partial charge in [-0.1, -0.05) is 59.6 Å². The van der Waals surface area contributed by atoms with E-state index in [1.165, 1.54) is 11.8 Å². The molecule has 3 nitrogen and oxygen atoms in total. The quantitative estimate of drug-likeness (QED) is 0.660. The highest BCUT2D eigenvalue weighted by molar-refractivity contribution is 6.36. The zero-order chi connectivity index (χ0) is 15.5. The summed E-state index contributed by atoms with van der Waals surface area (Å²) in [6, 6.07) is 15.2. The van der Waals surface area contributed by atoms with E-state index in [0.29, 0.717) is 21.5 Å². The normalized spacial score (nSPS) is 20.1. The average molecular weight is 333 g/mol. The van der Waals surface area contributed by atoms with Gasteiger partial charge in [-0.3, -0.25) is 4.79 Å². The number of hydrogen-bond donors (Lipinski definition) is 1. The molecule has 1 amide bonds. The Hall–Kier alpha value is -1.84. The average Bonchev–Trinajstić information content (AvgIpc) is 3.31. The summed E-state index contributed by atoms with van der Waals surface area (Å²) in [5.74, 6) is 0.242. The Morgan fingerprint density at radius 1 is 1.18 bits per heavy atom. The molecule has 2 aromatic carbocycles. The monoisotopic (exact) mass is 332 g/mol. The molecule has 1 N–H and O–H groups in total. The zero-order valence-electron chi connectivity index (χ0n) is 11.7. The second-order valence-corrected chi connectivity index (χ2v) is 6.10. The number of halogens is 2. The molecule has 0 aromatic heterocycles. The molecular weight excluding hydrogens is 319 g/mol. The summed E-state index contributed by atoms with van der Waals surface area (Å²) in [5.41, 5.74) is 4.48. The van der Waals surface area contributed by atoms with Crippen LogP contribution < -0.4 is 5.43 Å². The summed E-state index contributed by atoms with van der Waals surface area (Å²) in [4.78, 5) is 12.0. The van der Waals surface area contributed by atoms with E-state index in [1.807, 2.05) is 18.2 Å². The Kier molecular flexibility index (Phi) is 4.46. The van der Waals surface area contributed by atoms with Gasteiger partial charge in [0.25, 0.3) is 0 Å². The predicted octanol–water partition coefficient (Wildman–Crippen LogP) is 4.25. The van der Waals surface area contributed by atoms with E-state index in [1.54, 1.807) is 18.2 Å². The summed E-state index contributed by atoms with van der Waals surface area (Å²) in [5, 5.41) is 5.03. The first-order chi connectivity index (χ1) is 10.6. The highest BCUT2D eigenvalue weighted by Gasteiger charge is 2.43. The third-order valence-corrected chi connectivity index (χ3v) is 4.26. The van der Waals surface area contributed by atoms with E-state index in [9.17, 15) is 4.79 Å². The van der Waals surface area contributed by atoms with Crippen molar-refractivity contribution in [3.63, 3.8) is 0 Å². The fourth-order valence-corrected chi connectivity index (χ4v) is 2.87. The lowest BCUT2D eigenvalue weighted by Crippen LogP contribution is -2.20. The number of rotatable bonds is 4. The zero-order valence-corrected chi connectivity index (χ0v) is 13.2. The van der Waals surface area contributed by atoms with Crippen LogP contribution in [0.15, 0.2) is 53.6 Å². The first-order valence-electron chi connectivity index (χ1n) is 6.98. The van der Waals surface area contributed by atoms with Crippen LogP contribution in [0.25, 0.3) is 0 Å². The topological polar surface area (TPSA) is 41.5 Å². The van der Waals surface area contributed by atoms with Gasteiger partial charge in [0, 0.05) is 16.5 Å². The number of hydrogen-bond acceptors (Lipinski definition) is 2. The molecule has 0 heterocycles. The number of nitrogens with zero attached hydrogens (tertiary/aromatic N) is 1. The first kappa shape index (κ1) is 15.1. The van der Waals surface area contributed by atoms with Crippen molar-refractivity contribution in [1.29, 1.82) is 0 Å². The van der Waals surface area contributed by atoms with Crippen molar-refractivity contribution in [2.45, 2.75) is 12.3 Å². The highest BCUT2D eigenvalue weighted by atomic mass is 35.5. The van der Waals surface area contributed by atoms with Gasteiger partial charge >= 0.3 is 0 Å². The molecule has 1 saturated carbocycles. The summed E-state index contributed by atoms with van der Waals surface area (Å²) in [7, 11) is 0. The van der Waals surface area contributed by atoms with E-state index in [-0.39, 0.29) is 11.8 Å². The lowest BCUT2D eigenvalue weighted by atomic mass is 10.1. The minimum atomic E-state index is -0.0600. The molecule has 0 radical (unpaired) electrons. The van der Waals surface area contributed by atoms with Gasteiger partial charge in [-0.15, -0.1) is 0 Å². The van der Waals surface area contributed by atoms with E-state index in [2.05, 4.69) is 22.7 Å². The number of hydrazone groups is 1. The maximum absolute atomic E-state index is 12.0. The predicted molar refractivity (Wildman–Crippen MR) is 89.5 cm³/mol. The maximum Gasteiger partial charge on any atom is 0.243 e. The van der Waals surface area contributed by atoms with Crippen molar-refractivity contribution in [1.82, 2.24) is 5.43 Å². The first-order valence-corrected chi connectivity index (χ1v) is 7.73. The van der Waals surface area contributed by atoms with E-state index in [0.717, 1.165) is 6.42 Å². The molecule has 2 atom stereocenters. The summed E-state index contributed by atoms with van der Waals surface area (Å²) < 4.78 is 0. The lowest BCUT2D eigenvalue weighted by Gasteiger charge is -2.01. The van der Waals surface area contributed by atoms with Crippen LogP contribution in [0.1, 0.15) is 23.5 Å². The number of benzene rings is 2. The Balaban J connectivity index is 1.56. The molecule has 1 fully saturated rings. The van der Waals surface area contributed by atoms with Gasteiger partial charge in [-0.2, -0.15) is 5.10 Å².